The zero-order valence-corrected chi connectivity index (χ0v) is 9.74. The van der Waals surface area contributed by atoms with Crippen LogP contribution in [0.15, 0.2) is 12.1 Å². The molecule has 0 fully saturated rings. The molecule has 0 aromatic heterocycles. The van der Waals surface area contributed by atoms with E-state index in [1.807, 2.05) is 13.0 Å². The number of phenols is 1. The van der Waals surface area contributed by atoms with Gasteiger partial charge in [0, 0.05) is 13.2 Å². The minimum atomic E-state index is 0.161. The first-order valence-corrected chi connectivity index (χ1v) is 5.72. The van der Waals surface area contributed by atoms with Crippen molar-refractivity contribution in [1.29, 1.82) is 0 Å². The Morgan fingerprint density at radius 2 is 1.62 bits per heavy atom. The summed E-state index contributed by atoms with van der Waals surface area (Å²) in [4.78, 5) is 0. The number of aliphatic hydroxyl groups is 2. The van der Waals surface area contributed by atoms with Gasteiger partial charge in [0.25, 0.3) is 0 Å². The normalized spacial score (nSPS) is 10.7. The number of hydrogen-bond acceptors (Lipinski definition) is 3. The summed E-state index contributed by atoms with van der Waals surface area (Å²) in [6, 6.07) is 3.61. The van der Waals surface area contributed by atoms with Gasteiger partial charge in [-0.2, -0.15) is 0 Å². The fraction of sp³-hybridized carbons (Fsp3) is 0.538. The molecule has 3 heteroatoms. The molecule has 1 rings (SSSR count). The molecule has 0 atom stereocenters. The number of benzene rings is 1. The highest BCUT2D eigenvalue weighted by molar-refractivity contribution is 5.43. The van der Waals surface area contributed by atoms with Crippen molar-refractivity contribution in [3.8, 4) is 5.75 Å². The Morgan fingerprint density at radius 1 is 1.00 bits per heavy atom. The van der Waals surface area contributed by atoms with Crippen LogP contribution in [0.1, 0.15) is 29.5 Å². The Labute approximate surface area is 96.4 Å². The van der Waals surface area contributed by atoms with Crippen LogP contribution in [0.25, 0.3) is 0 Å². The van der Waals surface area contributed by atoms with Crippen LogP contribution in [0.2, 0.25) is 0 Å². The summed E-state index contributed by atoms with van der Waals surface area (Å²) < 4.78 is 0. The van der Waals surface area contributed by atoms with E-state index in [2.05, 4.69) is 0 Å². The van der Waals surface area contributed by atoms with Crippen molar-refractivity contribution in [2.75, 3.05) is 13.2 Å². The maximum Gasteiger partial charge on any atom is 0.118 e. The maximum absolute atomic E-state index is 9.64. The van der Waals surface area contributed by atoms with Crippen LogP contribution in [-0.2, 0) is 12.8 Å². The van der Waals surface area contributed by atoms with E-state index in [0.717, 1.165) is 36.0 Å². The maximum atomic E-state index is 9.64. The molecule has 3 nitrogen and oxygen atoms in total. The van der Waals surface area contributed by atoms with Gasteiger partial charge in [0.15, 0.2) is 0 Å². The van der Waals surface area contributed by atoms with E-state index in [9.17, 15) is 5.11 Å². The van der Waals surface area contributed by atoms with Crippen molar-refractivity contribution in [3.63, 3.8) is 0 Å². The van der Waals surface area contributed by atoms with Crippen molar-refractivity contribution in [2.45, 2.75) is 32.6 Å². The fourth-order valence-electron chi connectivity index (χ4n) is 1.91. The number of aliphatic hydroxyl groups excluding tert-OH is 2. The van der Waals surface area contributed by atoms with Crippen LogP contribution in [0.3, 0.4) is 0 Å². The lowest BCUT2D eigenvalue weighted by Gasteiger charge is -2.13. The van der Waals surface area contributed by atoms with Crippen LogP contribution in [-0.4, -0.2) is 28.5 Å². The van der Waals surface area contributed by atoms with Crippen LogP contribution in [0.5, 0.6) is 5.75 Å². The summed E-state index contributed by atoms with van der Waals surface area (Å²) in [5, 5.41) is 27.3. The molecule has 0 aliphatic rings. The average molecular weight is 224 g/mol. The largest absolute Gasteiger partial charge is 0.508 e. The van der Waals surface area contributed by atoms with E-state index in [4.69, 9.17) is 10.2 Å². The first kappa shape index (κ1) is 13.0. The summed E-state index contributed by atoms with van der Waals surface area (Å²) in [5.41, 5.74) is 3.17. The highest BCUT2D eigenvalue weighted by Gasteiger charge is 2.08. The molecule has 0 heterocycles. The lowest BCUT2D eigenvalue weighted by Crippen LogP contribution is -2.01. The highest BCUT2D eigenvalue weighted by Crippen LogP contribution is 2.25. The van der Waals surface area contributed by atoms with Gasteiger partial charge in [-0.15, -0.1) is 0 Å². The SMILES string of the molecule is Cc1c(O)ccc(CCCO)c1CCCO. The molecule has 0 spiro atoms. The molecule has 0 bridgehead atoms. The van der Waals surface area contributed by atoms with E-state index in [-0.39, 0.29) is 13.2 Å². The molecule has 0 saturated carbocycles. The van der Waals surface area contributed by atoms with E-state index in [1.54, 1.807) is 6.07 Å². The predicted octanol–water partition coefficient (Wildman–Crippen LogP) is 1.55. The van der Waals surface area contributed by atoms with Crippen molar-refractivity contribution in [2.24, 2.45) is 0 Å². The summed E-state index contributed by atoms with van der Waals surface area (Å²) in [7, 11) is 0. The molecule has 3 N–H and O–H groups in total. The minimum Gasteiger partial charge on any atom is -0.508 e. The molecular weight excluding hydrogens is 204 g/mol. The second kappa shape index (κ2) is 6.51. The van der Waals surface area contributed by atoms with Crippen molar-refractivity contribution < 1.29 is 15.3 Å². The summed E-state index contributed by atoms with van der Waals surface area (Å²) >= 11 is 0. The quantitative estimate of drug-likeness (QED) is 0.687. The molecule has 0 amide bonds. The molecule has 0 radical (unpaired) electrons. The lowest BCUT2D eigenvalue weighted by atomic mass is 9.94. The van der Waals surface area contributed by atoms with Crippen molar-refractivity contribution in [3.05, 3.63) is 28.8 Å². The number of phenolic OH excluding ortho intramolecular Hbond substituents is 1. The van der Waals surface area contributed by atoms with Gasteiger partial charge >= 0.3 is 0 Å². The van der Waals surface area contributed by atoms with Crippen LogP contribution >= 0.6 is 0 Å². The van der Waals surface area contributed by atoms with Crippen LogP contribution < -0.4 is 0 Å². The van der Waals surface area contributed by atoms with E-state index in [0.29, 0.717) is 12.2 Å². The van der Waals surface area contributed by atoms with Crippen molar-refractivity contribution >= 4 is 0 Å². The topological polar surface area (TPSA) is 60.7 Å². The van der Waals surface area contributed by atoms with Gasteiger partial charge in [-0.3, -0.25) is 0 Å². The third-order valence-electron chi connectivity index (χ3n) is 2.86. The van der Waals surface area contributed by atoms with Gasteiger partial charge in [0.2, 0.25) is 0 Å². The van der Waals surface area contributed by atoms with Gasteiger partial charge in [-0.25, -0.2) is 0 Å². The fourth-order valence-corrected chi connectivity index (χ4v) is 1.91. The van der Waals surface area contributed by atoms with E-state index < -0.39 is 0 Å². The molecule has 1 aromatic carbocycles. The van der Waals surface area contributed by atoms with E-state index in [1.165, 1.54) is 0 Å². The van der Waals surface area contributed by atoms with Crippen LogP contribution in [0, 0.1) is 6.92 Å². The highest BCUT2D eigenvalue weighted by atomic mass is 16.3. The number of aryl methyl sites for hydroxylation is 1. The lowest BCUT2D eigenvalue weighted by molar-refractivity contribution is 0.286. The second-order valence-electron chi connectivity index (χ2n) is 4.00. The summed E-state index contributed by atoms with van der Waals surface area (Å²) in [6.07, 6.45) is 3.03. The van der Waals surface area contributed by atoms with Gasteiger partial charge in [-0.1, -0.05) is 6.07 Å². The third kappa shape index (κ3) is 3.22. The number of aromatic hydroxyl groups is 1. The first-order chi connectivity index (χ1) is 7.70. The smallest absolute Gasteiger partial charge is 0.118 e. The van der Waals surface area contributed by atoms with Gasteiger partial charge in [0.05, 0.1) is 0 Å². The van der Waals surface area contributed by atoms with Gasteiger partial charge in [-0.05, 0) is 55.4 Å². The molecular formula is C13H20O3. The van der Waals surface area contributed by atoms with Crippen LogP contribution in [0.4, 0.5) is 0 Å². The standard InChI is InChI=1S/C13H20O3/c1-10-12(5-3-9-15)11(4-2-8-14)6-7-13(10)16/h6-7,14-16H,2-5,8-9H2,1H3. The number of hydrogen-bond donors (Lipinski definition) is 3. The summed E-state index contributed by atoms with van der Waals surface area (Å²) in [6.45, 7) is 2.23. The molecule has 0 saturated heterocycles. The molecule has 1 aromatic rings. The molecule has 90 valence electrons. The van der Waals surface area contributed by atoms with Crippen molar-refractivity contribution in [1.82, 2.24) is 0 Å². The molecule has 0 unspecified atom stereocenters. The third-order valence-corrected chi connectivity index (χ3v) is 2.86. The van der Waals surface area contributed by atoms with E-state index >= 15 is 0 Å². The van der Waals surface area contributed by atoms with Gasteiger partial charge in [0.1, 0.15) is 5.75 Å². The molecule has 0 aliphatic carbocycles. The summed E-state index contributed by atoms with van der Waals surface area (Å²) in [5.74, 6) is 0.306. The monoisotopic (exact) mass is 224 g/mol. The zero-order valence-electron chi connectivity index (χ0n) is 9.74. The number of rotatable bonds is 6. The molecule has 0 aliphatic heterocycles. The Kier molecular flexibility index (Phi) is 5.29. The average Bonchev–Trinajstić information content (AvgIpc) is 2.29. The minimum absolute atomic E-state index is 0.161. The Morgan fingerprint density at radius 3 is 2.25 bits per heavy atom. The van der Waals surface area contributed by atoms with Gasteiger partial charge < -0.3 is 15.3 Å². The molecule has 16 heavy (non-hydrogen) atoms. The first-order valence-electron chi connectivity index (χ1n) is 5.72. The predicted molar refractivity (Wildman–Crippen MR) is 63.7 cm³/mol. The Bertz CT molecular complexity index is 334. The Balaban J connectivity index is 2.91. The Hall–Kier alpha value is -1.06. The second-order valence-corrected chi connectivity index (χ2v) is 4.00. The zero-order chi connectivity index (χ0) is 12.0.